The van der Waals surface area contributed by atoms with Gasteiger partial charge in [0.1, 0.15) is 11.5 Å². The summed E-state index contributed by atoms with van der Waals surface area (Å²) < 4.78 is 6.05. The van der Waals surface area contributed by atoms with Crippen molar-refractivity contribution in [3.8, 4) is 11.3 Å². The van der Waals surface area contributed by atoms with Crippen LogP contribution in [-0.2, 0) is 4.79 Å². The predicted molar refractivity (Wildman–Crippen MR) is 142 cm³/mol. The van der Waals surface area contributed by atoms with Gasteiger partial charge in [-0.05, 0) is 61.2 Å². The Morgan fingerprint density at radius 2 is 1.85 bits per heavy atom. The van der Waals surface area contributed by atoms with Crippen LogP contribution in [-0.4, -0.2) is 22.3 Å². The zero-order valence-electron chi connectivity index (χ0n) is 18.8. The Kier molecular flexibility index (Phi) is 6.96. The lowest BCUT2D eigenvalue weighted by Gasteiger charge is -2.39. The first-order valence-corrected chi connectivity index (χ1v) is 13.2. The number of thioether (sulfide) groups is 1. The third-order valence-electron chi connectivity index (χ3n) is 6.52. The van der Waals surface area contributed by atoms with Crippen LogP contribution in [0.4, 0.5) is 5.69 Å². The smallest absolute Gasteiger partial charge is 0.263 e. The highest BCUT2D eigenvalue weighted by Gasteiger charge is 2.43. The summed E-state index contributed by atoms with van der Waals surface area (Å²) in [4.78, 5) is 16.4. The lowest BCUT2D eigenvalue weighted by atomic mass is 9.85. The van der Waals surface area contributed by atoms with Crippen LogP contribution in [0.2, 0.25) is 10.0 Å². The van der Waals surface area contributed by atoms with E-state index in [1.54, 1.807) is 23.9 Å². The van der Waals surface area contributed by atoms with Gasteiger partial charge in [0, 0.05) is 28.4 Å². The average molecular weight is 513 g/mol. The van der Waals surface area contributed by atoms with Gasteiger partial charge < -0.3 is 14.6 Å². The molecule has 2 aliphatic rings. The number of furan rings is 1. The molecule has 1 unspecified atom stereocenters. The predicted octanol–water partition coefficient (Wildman–Crippen LogP) is 8.14. The van der Waals surface area contributed by atoms with Crippen molar-refractivity contribution >= 4 is 52.6 Å². The molecule has 0 radical (unpaired) electrons. The van der Waals surface area contributed by atoms with E-state index in [0.29, 0.717) is 32.4 Å². The fourth-order valence-electron chi connectivity index (χ4n) is 4.76. The molecule has 2 fully saturated rings. The molecule has 4 nitrogen and oxygen atoms in total. The maximum absolute atomic E-state index is 13.6. The van der Waals surface area contributed by atoms with E-state index in [9.17, 15) is 4.79 Å². The Morgan fingerprint density at radius 3 is 2.62 bits per heavy atom. The first-order valence-electron chi connectivity index (χ1n) is 11.6. The molecule has 1 aliphatic heterocycles. The number of hydrogen-bond acceptors (Lipinski definition) is 4. The number of carbonyl (C=O) groups is 1. The molecule has 1 aromatic heterocycles. The minimum Gasteiger partial charge on any atom is -0.457 e. The Bertz CT molecular complexity index is 1210. The number of para-hydroxylation sites is 1. The fraction of sp³-hybridized carbons (Fsp3) is 0.296. The number of amides is 1. The second kappa shape index (κ2) is 10.1. The van der Waals surface area contributed by atoms with Crippen molar-refractivity contribution in [2.24, 2.45) is 5.92 Å². The Hall–Kier alpha value is -2.34. The zero-order chi connectivity index (χ0) is 23.7. The van der Waals surface area contributed by atoms with Crippen molar-refractivity contribution in [2.75, 3.05) is 5.32 Å². The number of carbonyl (C=O) groups excluding carboxylic acids is 1. The van der Waals surface area contributed by atoms with Crippen LogP contribution in [0.3, 0.4) is 0 Å². The highest BCUT2D eigenvalue weighted by atomic mass is 35.5. The van der Waals surface area contributed by atoms with Gasteiger partial charge in [0.2, 0.25) is 0 Å². The van der Waals surface area contributed by atoms with Crippen molar-refractivity contribution < 1.29 is 9.21 Å². The number of hydrogen-bond donors (Lipinski definition) is 1. The summed E-state index contributed by atoms with van der Waals surface area (Å²) in [5, 5.41) is 4.66. The number of nitrogens with zero attached hydrogens (tertiary/aromatic N) is 1. The molecule has 0 spiro atoms. The van der Waals surface area contributed by atoms with Gasteiger partial charge in [-0.3, -0.25) is 4.79 Å². The van der Waals surface area contributed by atoms with Crippen molar-refractivity contribution in [1.82, 2.24) is 4.90 Å². The normalized spacial score (nSPS) is 24.1. The Balaban J connectivity index is 1.43. The molecule has 5 rings (SSSR count). The zero-order valence-corrected chi connectivity index (χ0v) is 21.2. The molecule has 34 heavy (non-hydrogen) atoms. The summed E-state index contributed by atoms with van der Waals surface area (Å²) >= 11 is 13.9. The molecule has 1 aliphatic carbocycles. The lowest BCUT2D eigenvalue weighted by Crippen LogP contribution is -2.48. The number of benzene rings is 2. The van der Waals surface area contributed by atoms with Gasteiger partial charge in [-0.2, -0.15) is 0 Å². The third-order valence-corrected chi connectivity index (χ3v) is 8.18. The molecule has 1 N–H and O–H groups in total. The summed E-state index contributed by atoms with van der Waals surface area (Å²) in [5.41, 5.74) is 1.61. The highest BCUT2D eigenvalue weighted by molar-refractivity contribution is 8.05. The van der Waals surface area contributed by atoms with E-state index in [0.717, 1.165) is 30.5 Å². The summed E-state index contributed by atoms with van der Waals surface area (Å²) in [5.74, 6) is 1.79. The van der Waals surface area contributed by atoms with Gasteiger partial charge in [-0.1, -0.05) is 72.9 Å². The fourth-order valence-corrected chi connectivity index (χ4v) is 6.45. The number of rotatable bonds is 5. The van der Waals surface area contributed by atoms with Gasteiger partial charge >= 0.3 is 0 Å². The van der Waals surface area contributed by atoms with Crippen molar-refractivity contribution in [3.63, 3.8) is 0 Å². The van der Waals surface area contributed by atoms with Gasteiger partial charge in [-0.25, -0.2) is 0 Å². The quantitative estimate of drug-likeness (QED) is 0.350. The highest BCUT2D eigenvalue weighted by Crippen LogP contribution is 2.42. The van der Waals surface area contributed by atoms with E-state index in [4.69, 9.17) is 27.6 Å². The number of halogens is 2. The van der Waals surface area contributed by atoms with Crippen molar-refractivity contribution in [1.29, 1.82) is 0 Å². The van der Waals surface area contributed by atoms with Crippen molar-refractivity contribution in [2.45, 2.75) is 44.1 Å². The molecule has 1 saturated heterocycles. The van der Waals surface area contributed by atoms with Crippen LogP contribution in [0.1, 0.15) is 38.4 Å². The molecule has 1 saturated carbocycles. The van der Waals surface area contributed by atoms with E-state index >= 15 is 0 Å². The minimum atomic E-state index is -0.160. The molecule has 7 heteroatoms. The molecule has 3 aromatic rings. The Labute approximate surface area is 214 Å². The third kappa shape index (κ3) is 4.88. The molecule has 1 amide bonds. The van der Waals surface area contributed by atoms with Crippen LogP contribution in [0.5, 0.6) is 0 Å². The van der Waals surface area contributed by atoms with Crippen molar-refractivity contribution in [3.05, 3.63) is 81.4 Å². The molecule has 0 bridgehead atoms. The van der Waals surface area contributed by atoms with Gasteiger partial charge in [0.25, 0.3) is 5.91 Å². The summed E-state index contributed by atoms with van der Waals surface area (Å²) in [6, 6.07) is 19.3. The average Bonchev–Trinajstić information content (AvgIpc) is 3.40. The minimum absolute atomic E-state index is 0.0552. The number of nitrogens with one attached hydrogen (secondary N) is 1. The van der Waals surface area contributed by atoms with Crippen LogP contribution in [0.15, 0.2) is 70.0 Å². The van der Waals surface area contributed by atoms with Crippen LogP contribution < -0.4 is 5.32 Å². The summed E-state index contributed by atoms with van der Waals surface area (Å²) in [7, 11) is 0. The van der Waals surface area contributed by atoms with Gasteiger partial charge in [0.05, 0.1) is 9.93 Å². The molecular weight excluding hydrogens is 487 g/mol. The maximum atomic E-state index is 13.6. The first-order chi connectivity index (χ1) is 16.5. The molecule has 2 aromatic carbocycles. The molecule has 2 heterocycles. The largest absolute Gasteiger partial charge is 0.457 e. The van der Waals surface area contributed by atoms with E-state index in [1.807, 2.05) is 59.5 Å². The SMILES string of the molecule is C[C@H]1CCCC[C@H]1N1C(=O)/C(=C/c2ccc(-c3ccc(Cl)cc3Cl)o2)SC1Nc1ccccc1. The second-order valence-electron chi connectivity index (χ2n) is 8.86. The molecular formula is C27H26Cl2N2O2S. The van der Waals surface area contributed by atoms with E-state index < -0.39 is 0 Å². The summed E-state index contributed by atoms with van der Waals surface area (Å²) in [6.45, 7) is 2.26. The summed E-state index contributed by atoms with van der Waals surface area (Å²) in [6.07, 6.45) is 6.42. The van der Waals surface area contributed by atoms with E-state index in [2.05, 4.69) is 12.2 Å². The monoisotopic (exact) mass is 512 g/mol. The lowest BCUT2D eigenvalue weighted by molar-refractivity contribution is -0.129. The standard InChI is InChI=1S/C27H26Cl2N2O2S/c1-17-7-5-6-10-23(17)31-26(32)25(34-27(31)30-19-8-3-2-4-9-19)16-20-12-14-24(33-20)21-13-11-18(28)15-22(21)29/h2-4,8-9,11-17,23,27,30H,5-7,10H2,1H3/b25-16-/t17-,23+,27?/m0/s1. The van der Waals surface area contributed by atoms with E-state index in [1.165, 1.54) is 6.42 Å². The van der Waals surface area contributed by atoms with Crippen LogP contribution >= 0.6 is 35.0 Å². The molecule has 176 valence electrons. The second-order valence-corrected chi connectivity index (χ2v) is 10.8. The van der Waals surface area contributed by atoms with Gasteiger partial charge in [0.15, 0.2) is 5.50 Å². The van der Waals surface area contributed by atoms with Crippen LogP contribution in [0, 0.1) is 5.92 Å². The topological polar surface area (TPSA) is 45.5 Å². The maximum Gasteiger partial charge on any atom is 0.263 e. The van der Waals surface area contributed by atoms with Gasteiger partial charge in [-0.15, -0.1) is 0 Å². The number of anilines is 1. The van der Waals surface area contributed by atoms with Crippen LogP contribution in [0.25, 0.3) is 17.4 Å². The first kappa shape index (κ1) is 23.4. The Morgan fingerprint density at radius 1 is 1.06 bits per heavy atom. The molecule has 3 atom stereocenters. The van der Waals surface area contributed by atoms with E-state index in [-0.39, 0.29) is 17.4 Å².